The fourth-order valence-electron chi connectivity index (χ4n) is 2.28. The van der Waals surface area contributed by atoms with Crippen LogP contribution in [0.15, 0.2) is 18.2 Å². The van der Waals surface area contributed by atoms with Crippen molar-refractivity contribution < 1.29 is 19.1 Å². The second kappa shape index (κ2) is 7.81. The third-order valence-electron chi connectivity index (χ3n) is 3.57. The van der Waals surface area contributed by atoms with Gasteiger partial charge in [0.25, 0.3) is 0 Å². The van der Waals surface area contributed by atoms with E-state index in [4.69, 9.17) is 15.2 Å². The zero-order valence-electron chi connectivity index (χ0n) is 14.2. The Morgan fingerprint density at radius 2 is 1.96 bits per heavy atom. The van der Waals surface area contributed by atoms with Gasteiger partial charge in [-0.15, -0.1) is 11.3 Å². The maximum Gasteiger partial charge on any atom is 0.348 e. The number of nitrogen functional groups attached to an aromatic ring is 1. The van der Waals surface area contributed by atoms with E-state index < -0.39 is 11.9 Å². The van der Waals surface area contributed by atoms with Crippen LogP contribution in [-0.2, 0) is 16.1 Å². The summed E-state index contributed by atoms with van der Waals surface area (Å²) in [5, 5.41) is 9.47. The van der Waals surface area contributed by atoms with Crippen LogP contribution in [0.1, 0.15) is 49.2 Å². The zero-order chi connectivity index (χ0) is 18.6. The molecule has 2 aromatic rings. The summed E-state index contributed by atoms with van der Waals surface area (Å²) in [5.41, 5.74) is 8.38. The number of aryl methyl sites for hydroxylation is 2. The molecule has 0 spiro atoms. The van der Waals surface area contributed by atoms with Gasteiger partial charge in [-0.2, -0.15) is 5.26 Å². The number of hydrogen-bond donors (Lipinski definition) is 1. The van der Waals surface area contributed by atoms with E-state index in [0.717, 1.165) is 22.5 Å². The first-order chi connectivity index (χ1) is 11.9. The van der Waals surface area contributed by atoms with Crippen molar-refractivity contribution in [1.82, 2.24) is 0 Å². The van der Waals surface area contributed by atoms with Crippen molar-refractivity contribution in [2.45, 2.75) is 27.4 Å². The second-order valence-corrected chi connectivity index (χ2v) is 6.43. The van der Waals surface area contributed by atoms with Crippen molar-refractivity contribution >= 4 is 28.3 Å². The van der Waals surface area contributed by atoms with Crippen LogP contribution in [0, 0.1) is 25.2 Å². The van der Waals surface area contributed by atoms with Crippen molar-refractivity contribution in [3.8, 4) is 6.07 Å². The normalized spacial score (nSPS) is 10.2. The first-order valence-electron chi connectivity index (χ1n) is 7.61. The Morgan fingerprint density at radius 1 is 1.24 bits per heavy atom. The van der Waals surface area contributed by atoms with Gasteiger partial charge in [-0.05, 0) is 32.4 Å². The van der Waals surface area contributed by atoms with Gasteiger partial charge in [-0.25, -0.2) is 9.59 Å². The molecule has 25 heavy (non-hydrogen) atoms. The van der Waals surface area contributed by atoms with Crippen LogP contribution in [0.2, 0.25) is 0 Å². The summed E-state index contributed by atoms with van der Waals surface area (Å²) in [7, 11) is 0. The summed E-state index contributed by atoms with van der Waals surface area (Å²) >= 11 is 0.956. The number of carbonyl (C=O) groups excluding carboxylic acids is 2. The van der Waals surface area contributed by atoms with Gasteiger partial charge >= 0.3 is 11.9 Å². The first-order valence-corrected chi connectivity index (χ1v) is 8.43. The average molecular weight is 358 g/mol. The third kappa shape index (κ3) is 3.98. The summed E-state index contributed by atoms with van der Waals surface area (Å²) in [6, 6.07) is 7.42. The van der Waals surface area contributed by atoms with Crippen LogP contribution in [0.25, 0.3) is 0 Å². The Morgan fingerprint density at radius 3 is 2.60 bits per heavy atom. The highest BCUT2D eigenvalue weighted by Gasteiger charge is 2.24. The smallest absolute Gasteiger partial charge is 0.348 e. The Kier molecular flexibility index (Phi) is 5.78. The maximum atomic E-state index is 12.4. The van der Waals surface area contributed by atoms with Gasteiger partial charge in [0.15, 0.2) is 0 Å². The van der Waals surface area contributed by atoms with E-state index in [1.807, 2.05) is 32.0 Å². The fraction of sp³-hybridized carbons (Fsp3) is 0.278. The molecule has 6 nitrogen and oxygen atoms in total. The van der Waals surface area contributed by atoms with Crippen molar-refractivity contribution in [2.75, 3.05) is 12.3 Å². The minimum Gasteiger partial charge on any atom is -0.462 e. The van der Waals surface area contributed by atoms with Gasteiger partial charge in [0.2, 0.25) is 0 Å². The highest BCUT2D eigenvalue weighted by molar-refractivity contribution is 7.18. The lowest BCUT2D eigenvalue weighted by atomic mass is 10.1. The summed E-state index contributed by atoms with van der Waals surface area (Å²) in [6.07, 6.45) is 0. The number of nitrogens with two attached hydrogens (primary N) is 1. The summed E-state index contributed by atoms with van der Waals surface area (Å²) < 4.78 is 10.3. The van der Waals surface area contributed by atoms with Crippen molar-refractivity contribution in [2.24, 2.45) is 0 Å². The predicted octanol–water partition coefficient (Wildman–Crippen LogP) is 3.35. The number of ether oxygens (including phenoxy) is 2. The lowest BCUT2D eigenvalue weighted by Gasteiger charge is -2.09. The molecule has 0 aliphatic rings. The minimum atomic E-state index is -0.585. The SMILES string of the molecule is CCOC(=O)c1sc(N)c(C#N)c1COC(=O)c1cc(C)ccc1C. The lowest BCUT2D eigenvalue weighted by molar-refractivity contribution is 0.0452. The van der Waals surface area contributed by atoms with E-state index in [1.54, 1.807) is 13.0 Å². The van der Waals surface area contributed by atoms with Crippen LogP contribution in [0.5, 0.6) is 0 Å². The molecule has 2 rings (SSSR count). The largest absolute Gasteiger partial charge is 0.462 e. The van der Waals surface area contributed by atoms with Crippen LogP contribution in [0.3, 0.4) is 0 Å². The molecule has 0 bridgehead atoms. The molecule has 0 amide bonds. The van der Waals surface area contributed by atoms with Gasteiger partial charge in [0.1, 0.15) is 22.6 Å². The number of rotatable bonds is 5. The molecule has 1 aromatic heterocycles. The van der Waals surface area contributed by atoms with Crippen molar-refractivity contribution in [1.29, 1.82) is 5.26 Å². The van der Waals surface area contributed by atoms with E-state index in [9.17, 15) is 14.9 Å². The van der Waals surface area contributed by atoms with Crippen LogP contribution >= 0.6 is 11.3 Å². The van der Waals surface area contributed by atoms with Gasteiger partial charge < -0.3 is 15.2 Å². The quantitative estimate of drug-likeness (QED) is 0.822. The van der Waals surface area contributed by atoms with E-state index in [2.05, 4.69) is 0 Å². The molecule has 0 aliphatic carbocycles. The Bertz CT molecular complexity index is 865. The summed E-state index contributed by atoms with van der Waals surface area (Å²) in [5.74, 6) is -1.11. The van der Waals surface area contributed by atoms with Crippen LogP contribution in [-0.4, -0.2) is 18.5 Å². The molecule has 0 radical (unpaired) electrons. The molecule has 0 saturated carbocycles. The molecular weight excluding hydrogens is 340 g/mol. The van der Waals surface area contributed by atoms with E-state index in [1.165, 1.54) is 0 Å². The van der Waals surface area contributed by atoms with Gasteiger partial charge in [-0.3, -0.25) is 0 Å². The average Bonchev–Trinajstić information content (AvgIpc) is 2.90. The standard InChI is InChI=1S/C18H18N2O4S/c1-4-23-18(22)15-14(13(8-19)16(20)25-15)9-24-17(21)12-7-10(2)5-6-11(12)3/h5-7H,4,9,20H2,1-3H3. The van der Waals surface area contributed by atoms with E-state index in [0.29, 0.717) is 5.56 Å². The molecule has 0 fully saturated rings. The number of nitriles is 1. The number of hydrogen-bond acceptors (Lipinski definition) is 7. The molecule has 2 N–H and O–H groups in total. The number of thiophene rings is 1. The number of carbonyl (C=O) groups is 2. The summed E-state index contributed by atoms with van der Waals surface area (Å²) in [4.78, 5) is 24.6. The van der Waals surface area contributed by atoms with Gasteiger partial charge in [-0.1, -0.05) is 17.7 Å². The first kappa shape index (κ1) is 18.5. The Labute approximate surface area is 149 Å². The monoisotopic (exact) mass is 358 g/mol. The van der Waals surface area contributed by atoms with Crippen molar-refractivity contribution in [3.05, 3.63) is 50.9 Å². The number of nitrogens with zero attached hydrogens (tertiary/aromatic N) is 1. The molecule has 1 aromatic carbocycles. The van der Waals surface area contributed by atoms with Crippen LogP contribution < -0.4 is 5.73 Å². The zero-order valence-corrected chi connectivity index (χ0v) is 15.0. The third-order valence-corrected chi connectivity index (χ3v) is 4.61. The maximum absolute atomic E-state index is 12.4. The molecule has 0 saturated heterocycles. The minimum absolute atomic E-state index is 0.141. The highest BCUT2D eigenvalue weighted by atomic mass is 32.1. The predicted molar refractivity (Wildman–Crippen MR) is 94.4 cm³/mol. The molecular formula is C18H18N2O4S. The Balaban J connectivity index is 2.28. The second-order valence-electron chi connectivity index (χ2n) is 5.38. The number of anilines is 1. The summed E-state index contributed by atoms with van der Waals surface area (Å²) in [6.45, 7) is 5.34. The highest BCUT2D eigenvalue weighted by Crippen LogP contribution is 2.32. The Hall–Kier alpha value is -2.85. The fourth-order valence-corrected chi connectivity index (χ4v) is 3.20. The lowest BCUT2D eigenvalue weighted by Crippen LogP contribution is -2.11. The van der Waals surface area contributed by atoms with E-state index in [-0.39, 0.29) is 34.2 Å². The number of benzene rings is 1. The molecule has 7 heteroatoms. The molecule has 0 aliphatic heterocycles. The topological polar surface area (TPSA) is 102 Å². The molecule has 0 atom stereocenters. The molecule has 0 unspecified atom stereocenters. The number of esters is 2. The van der Waals surface area contributed by atoms with E-state index >= 15 is 0 Å². The van der Waals surface area contributed by atoms with Gasteiger partial charge in [0, 0.05) is 5.56 Å². The van der Waals surface area contributed by atoms with Crippen LogP contribution in [0.4, 0.5) is 5.00 Å². The van der Waals surface area contributed by atoms with Gasteiger partial charge in [0.05, 0.1) is 17.7 Å². The van der Waals surface area contributed by atoms with Crippen molar-refractivity contribution in [3.63, 3.8) is 0 Å². The molecule has 130 valence electrons. The molecule has 1 heterocycles.